The van der Waals surface area contributed by atoms with Crippen LogP contribution in [0.3, 0.4) is 0 Å². The first-order valence-electron chi connectivity index (χ1n) is 12.3. The third-order valence-corrected chi connectivity index (χ3v) is 7.59. The summed E-state index contributed by atoms with van der Waals surface area (Å²) in [5.41, 5.74) is 2.40. The van der Waals surface area contributed by atoms with Gasteiger partial charge < -0.3 is 15.0 Å². The van der Waals surface area contributed by atoms with Gasteiger partial charge in [0.15, 0.2) is 0 Å². The first-order valence-corrected chi connectivity index (χ1v) is 12.7. The Morgan fingerprint density at radius 1 is 1.03 bits per heavy atom. The highest BCUT2D eigenvalue weighted by molar-refractivity contribution is 6.33. The van der Waals surface area contributed by atoms with Crippen LogP contribution in [0.5, 0.6) is 5.75 Å². The summed E-state index contributed by atoms with van der Waals surface area (Å²) >= 11 is 6.24. The first kappa shape index (κ1) is 24.3. The van der Waals surface area contributed by atoms with Crippen molar-refractivity contribution in [3.8, 4) is 5.75 Å². The Balaban J connectivity index is 1.64. The number of ether oxygens (including phenoxy) is 1. The van der Waals surface area contributed by atoms with Gasteiger partial charge in [-0.05, 0) is 60.4 Å². The number of nitrogens with zero attached hydrogens (tertiary/aromatic N) is 1. The average Bonchev–Trinajstić information content (AvgIpc) is 2.90. The molecule has 5 nitrogen and oxygen atoms in total. The van der Waals surface area contributed by atoms with Crippen LogP contribution in [0.2, 0.25) is 5.02 Å². The van der Waals surface area contributed by atoms with Crippen LogP contribution < -0.4 is 10.1 Å². The molecule has 36 heavy (non-hydrogen) atoms. The molecule has 0 spiro atoms. The Morgan fingerprint density at radius 2 is 1.75 bits per heavy atom. The van der Waals surface area contributed by atoms with Gasteiger partial charge in [-0.25, -0.2) is 4.39 Å². The lowest BCUT2D eigenvalue weighted by Gasteiger charge is -2.46. The number of methoxy groups -OCH3 is 1. The van der Waals surface area contributed by atoms with E-state index in [1.807, 2.05) is 47.4 Å². The summed E-state index contributed by atoms with van der Waals surface area (Å²) in [6.07, 6.45) is 5.05. The van der Waals surface area contributed by atoms with Gasteiger partial charge in [-0.15, -0.1) is 0 Å². The molecule has 1 saturated carbocycles. The monoisotopic (exact) mass is 506 g/mol. The second-order valence-corrected chi connectivity index (χ2v) is 9.81. The number of nitrogens with one attached hydrogen (secondary N) is 1. The smallest absolute Gasteiger partial charge is 0.254 e. The van der Waals surface area contributed by atoms with E-state index in [-0.39, 0.29) is 22.9 Å². The van der Waals surface area contributed by atoms with E-state index < -0.39 is 17.8 Å². The van der Waals surface area contributed by atoms with E-state index in [1.165, 1.54) is 18.2 Å². The molecular formula is C29H28ClFN2O3. The Bertz CT molecular complexity index is 1270. The van der Waals surface area contributed by atoms with Crippen molar-refractivity contribution >= 4 is 29.1 Å². The van der Waals surface area contributed by atoms with Crippen LogP contribution in [0.1, 0.15) is 65.5 Å². The number of carbonyl (C=O) groups is 2. The second-order valence-electron chi connectivity index (χ2n) is 9.40. The van der Waals surface area contributed by atoms with Gasteiger partial charge in [-0.3, -0.25) is 9.59 Å². The molecule has 3 aromatic carbocycles. The van der Waals surface area contributed by atoms with Crippen molar-refractivity contribution < 1.29 is 18.7 Å². The SMILES string of the molecule is COc1ccc([C@H]2[C@H](C(=O)Nc3ccc(F)cc3Cl)c3ccccc3C(=O)N2C2CCCCC2)cc1. The van der Waals surface area contributed by atoms with Gasteiger partial charge in [0.25, 0.3) is 5.91 Å². The lowest BCUT2D eigenvalue weighted by molar-refractivity contribution is -0.119. The molecule has 2 aliphatic rings. The Hall–Kier alpha value is -3.38. The summed E-state index contributed by atoms with van der Waals surface area (Å²) in [5.74, 6) is -0.821. The van der Waals surface area contributed by atoms with Crippen LogP contribution in [-0.2, 0) is 4.79 Å². The Morgan fingerprint density at radius 3 is 2.44 bits per heavy atom. The van der Waals surface area contributed by atoms with Crippen molar-refractivity contribution in [2.45, 2.75) is 50.1 Å². The van der Waals surface area contributed by atoms with Gasteiger partial charge in [-0.2, -0.15) is 0 Å². The zero-order chi connectivity index (χ0) is 25.2. The van der Waals surface area contributed by atoms with E-state index in [9.17, 15) is 14.0 Å². The van der Waals surface area contributed by atoms with Gasteiger partial charge in [0.1, 0.15) is 11.6 Å². The summed E-state index contributed by atoms with van der Waals surface area (Å²) < 4.78 is 19.0. The molecule has 1 aliphatic carbocycles. The molecule has 1 heterocycles. The topological polar surface area (TPSA) is 58.6 Å². The number of carbonyl (C=O) groups excluding carboxylic acids is 2. The van der Waals surface area contributed by atoms with E-state index in [0.717, 1.165) is 37.7 Å². The number of benzene rings is 3. The van der Waals surface area contributed by atoms with E-state index in [1.54, 1.807) is 13.2 Å². The molecule has 1 N–H and O–H groups in total. The minimum Gasteiger partial charge on any atom is -0.497 e. The van der Waals surface area contributed by atoms with Crippen molar-refractivity contribution in [2.24, 2.45) is 0 Å². The van der Waals surface area contributed by atoms with E-state index in [2.05, 4.69) is 5.32 Å². The van der Waals surface area contributed by atoms with Crippen LogP contribution in [-0.4, -0.2) is 29.9 Å². The summed E-state index contributed by atoms with van der Waals surface area (Å²) in [7, 11) is 1.60. The molecule has 0 bridgehead atoms. The predicted molar refractivity (Wildman–Crippen MR) is 138 cm³/mol. The largest absolute Gasteiger partial charge is 0.497 e. The van der Waals surface area contributed by atoms with Gasteiger partial charge in [0.05, 0.1) is 29.8 Å². The number of hydrogen-bond acceptors (Lipinski definition) is 3. The number of hydrogen-bond donors (Lipinski definition) is 1. The highest BCUT2D eigenvalue weighted by Crippen LogP contribution is 2.46. The number of amides is 2. The standard InChI is InChI=1S/C29H28ClFN2O3/c1-36-21-14-11-18(12-15-21)27-26(28(34)32-25-16-13-19(31)17-24(25)30)22-9-5-6-10-23(22)29(35)33(27)20-7-3-2-4-8-20/h5-6,9-17,20,26-27H,2-4,7-8H2,1H3,(H,32,34)/t26-,27+/m1/s1. The molecule has 1 aliphatic heterocycles. The number of anilines is 1. The second kappa shape index (κ2) is 10.3. The quantitative estimate of drug-likeness (QED) is 0.417. The molecule has 7 heteroatoms. The van der Waals surface area contributed by atoms with Gasteiger partial charge in [0, 0.05) is 11.6 Å². The summed E-state index contributed by atoms with van der Waals surface area (Å²) in [6, 6.07) is 18.3. The zero-order valence-electron chi connectivity index (χ0n) is 20.0. The maximum Gasteiger partial charge on any atom is 0.254 e. The predicted octanol–water partition coefficient (Wildman–Crippen LogP) is 6.74. The van der Waals surface area contributed by atoms with Crippen molar-refractivity contribution in [1.82, 2.24) is 4.90 Å². The van der Waals surface area contributed by atoms with Crippen molar-refractivity contribution in [2.75, 3.05) is 12.4 Å². The summed E-state index contributed by atoms with van der Waals surface area (Å²) in [5, 5.41) is 3.03. The molecular weight excluding hydrogens is 479 g/mol. The van der Waals surface area contributed by atoms with Gasteiger partial charge in [0.2, 0.25) is 5.91 Å². The van der Waals surface area contributed by atoms with Crippen LogP contribution in [0, 0.1) is 5.82 Å². The summed E-state index contributed by atoms with van der Waals surface area (Å²) in [4.78, 5) is 29.9. The van der Waals surface area contributed by atoms with E-state index in [0.29, 0.717) is 22.6 Å². The molecule has 0 unspecified atom stereocenters. The number of halogens is 2. The molecule has 186 valence electrons. The Labute approximate surface area is 215 Å². The minimum absolute atomic E-state index is 0.0383. The van der Waals surface area contributed by atoms with Crippen LogP contribution in [0.25, 0.3) is 0 Å². The third kappa shape index (κ3) is 4.58. The van der Waals surface area contributed by atoms with E-state index >= 15 is 0 Å². The molecule has 2 atom stereocenters. The van der Waals surface area contributed by atoms with Crippen molar-refractivity contribution in [3.05, 3.63) is 94.3 Å². The molecule has 0 saturated heterocycles. The fourth-order valence-corrected chi connectivity index (χ4v) is 5.77. The molecule has 0 aromatic heterocycles. The maximum absolute atomic E-state index is 14.0. The lowest BCUT2D eigenvalue weighted by atomic mass is 9.77. The van der Waals surface area contributed by atoms with Gasteiger partial charge >= 0.3 is 0 Å². The average molecular weight is 507 g/mol. The van der Waals surface area contributed by atoms with E-state index in [4.69, 9.17) is 16.3 Å². The first-order chi connectivity index (χ1) is 17.5. The number of rotatable bonds is 5. The zero-order valence-corrected chi connectivity index (χ0v) is 20.8. The van der Waals surface area contributed by atoms with Crippen LogP contribution >= 0.6 is 11.6 Å². The fraction of sp³-hybridized carbons (Fsp3) is 0.310. The van der Waals surface area contributed by atoms with Crippen LogP contribution in [0.4, 0.5) is 10.1 Å². The van der Waals surface area contributed by atoms with Crippen LogP contribution in [0.15, 0.2) is 66.7 Å². The molecule has 0 radical (unpaired) electrons. The summed E-state index contributed by atoms with van der Waals surface area (Å²) in [6.45, 7) is 0. The molecule has 3 aromatic rings. The molecule has 5 rings (SSSR count). The normalized spacial score (nSPS) is 20.1. The number of fused-ring (bicyclic) bond motifs is 1. The fourth-order valence-electron chi connectivity index (χ4n) is 5.55. The highest BCUT2D eigenvalue weighted by Gasteiger charge is 2.46. The lowest BCUT2D eigenvalue weighted by Crippen LogP contribution is -2.51. The highest BCUT2D eigenvalue weighted by atomic mass is 35.5. The molecule has 2 amide bonds. The third-order valence-electron chi connectivity index (χ3n) is 7.27. The van der Waals surface area contributed by atoms with Crippen molar-refractivity contribution in [1.29, 1.82) is 0 Å². The maximum atomic E-state index is 14.0. The molecule has 1 fully saturated rings. The Kier molecular flexibility index (Phi) is 6.97. The minimum atomic E-state index is -0.685. The van der Waals surface area contributed by atoms with Crippen molar-refractivity contribution in [3.63, 3.8) is 0 Å². The van der Waals surface area contributed by atoms with Gasteiger partial charge in [-0.1, -0.05) is 61.2 Å².